The Balaban J connectivity index is 1.99. The molecule has 2 rings (SSSR count). The van der Waals surface area contributed by atoms with Gasteiger partial charge in [0.05, 0.1) is 0 Å². The van der Waals surface area contributed by atoms with Gasteiger partial charge in [0.2, 0.25) is 11.8 Å². The Kier molecular flexibility index (Phi) is 4.82. The van der Waals surface area contributed by atoms with Crippen molar-refractivity contribution in [1.29, 1.82) is 0 Å². The van der Waals surface area contributed by atoms with E-state index in [1.54, 1.807) is 16.7 Å². The van der Waals surface area contributed by atoms with Crippen LogP contribution in [-0.4, -0.2) is 65.0 Å². The largest absolute Gasteiger partial charge is 0.397 e. The van der Waals surface area contributed by atoms with Crippen molar-refractivity contribution in [2.24, 2.45) is 0 Å². The molecule has 2 aliphatic heterocycles. The first-order chi connectivity index (χ1) is 9.38. The Morgan fingerprint density at radius 3 is 2.40 bits per heavy atom. The molecule has 2 heterocycles. The smallest absolute Gasteiger partial charge is 0.339 e. The van der Waals surface area contributed by atoms with Crippen LogP contribution in [0.5, 0.6) is 0 Å². The van der Waals surface area contributed by atoms with E-state index < -0.39 is 24.5 Å². The van der Waals surface area contributed by atoms with Gasteiger partial charge in [-0.05, 0) is 12.8 Å². The Labute approximate surface area is 119 Å². The summed E-state index contributed by atoms with van der Waals surface area (Å²) in [6.45, 7) is 1.47. The van der Waals surface area contributed by atoms with Crippen LogP contribution in [0, 0.1) is 0 Å². The predicted octanol–water partition coefficient (Wildman–Crippen LogP) is 1.51. The lowest BCUT2D eigenvalue weighted by Gasteiger charge is -2.32. The molecule has 2 aliphatic rings. The van der Waals surface area contributed by atoms with Crippen molar-refractivity contribution < 1.29 is 22.8 Å². The standard InChI is InChI=1S/C12H17F3N2O2S/c13-12(14,15)8-10(18)17-3-1-2-9(17)11(19)16-4-6-20-7-5-16/h9H,1-8H2/t9-/m0/s1. The summed E-state index contributed by atoms with van der Waals surface area (Å²) in [5.74, 6) is 0.502. The number of nitrogens with zero attached hydrogens (tertiary/aromatic N) is 2. The predicted molar refractivity (Wildman–Crippen MR) is 69.3 cm³/mol. The van der Waals surface area contributed by atoms with Gasteiger partial charge in [0, 0.05) is 31.1 Å². The van der Waals surface area contributed by atoms with Crippen molar-refractivity contribution in [2.75, 3.05) is 31.1 Å². The summed E-state index contributed by atoms with van der Waals surface area (Å²) in [4.78, 5) is 26.8. The molecule has 0 aromatic rings. The molecule has 0 radical (unpaired) electrons. The van der Waals surface area contributed by atoms with Gasteiger partial charge in [0.1, 0.15) is 12.5 Å². The van der Waals surface area contributed by atoms with E-state index in [2.05, 4.69) is 0 Å². The lowest BCUT2D eigenvalue weighted by atomic mass is 10.2. The summed E-state index contributed by atoms with van der Waals surface area (Å²) >= 11 is 1.75. The fraction of sp³-hybridized carbons (Fsp3) is 0.833. The second kappa shape index (κ2) is 6.24. The molecular formula is C12H17F3N2O2S. The monoisotopic (exact) mass is 310 g/mol. The van der Waals surface area contributed by atoms with Gasteiger partial charge >= 0.3 is 6.18 Å². The highest BCUT2D eigenvalue weighted by Crippen LogP contribution is 2.26. The summed E-state index contributed by atoms with van der Waals surface area (Å²) in [5, 5.41) is 0. The Morgan fingerprint density at radius 1 is 1.15 bits per heavy atom. The Hall–Kier alpha value is -0.920. The lowest BCUT2D eigenvalue weighted by molar-refractivity contribution is -0.164. The van der Waals surface area contributed by atoms with Crippen molar-refractivity contribution in [2.45, 2.75) is 31.5 Å². The van der Waals surface area contributed by atoms with Gasteiger partial charge in [-0.2, -0.15) is 24.9 Å². The summed E-state index contributed by atoms with van der Waals surface area (Å²) in [6.07, 6.45) is -4.95. The summed E-state index contributed by atoms with van der Waals surface area (Å²) < 4.78 is 36.9. The molecule has 1 atom stereocenters. The van der Waals surface area contributed by atoms with Crippen molar-refractivity contribution in [3.8, 4) is 0 Å². The molecule has 2 saturated heterocycles. The zero-order valence-corrected chi connectivity index (χ0v) is 11.8. The molecule has 0 bridgehead atoms. The fourth-order valence-corrected chi connectivity index (χ4v) is 3.49. The van der Waals surface area contributed by atoms with E-state index in [1.807, 2.05) is 0 Å². The van der Waals surface area contributed by atoms with Crippen LogP contribution in [0.15, 0.2) is 0 Å². The molecule has 114 valence electrons. The molecule has 0 aromatic heterocycles. The van der Waals surface area contributed by atoms with Crippen LogP contribution in [0.4, 0.5) is 13.2 Å². The average molecular weight is 310 g/mol. The third kappa shape index (κ3) is 3.80. The van der Waals surface area contributed by atoms with Gasteiger partial charge in [-0.3, -0.25) is 9.59 Å². The molecule has 4 nitrogen and oxygen atoms in total. The van der Waals surface area contributed by atoms with E-state index in [1.165, 1.54) is 0 Å². The minimum atomic E-state index is -4.52. The topological polar surface area (TPSA) is 40.6 Å². The number of thioether (sulfide) groups is 1. The molecule has 0 aromatic carbocycles. The number of rotatable bonds is 2. The summed E-state index contributed by atoms with van der Waals surface area (Å²) in [7, 11) is 0. The highest BCUT2D eigenvalue weighted by Gasteiger charge is 2.41. The van der Waals surface area contributed by atoms with E-state index in [0.717, 1.165) is 16.4 Å². The molecule has 2 amide bonds. The van der Waals surface area contributed by atoms with Gasteiger partial charge in [0.15, 0.2) is 0 Å². The molecule has 0 unspecified atom stereocenters. The van der Waals surface area contributed by atoms with Crippen LogP contribution < -0.4 is 0 Å². The van der Waals surface area contributed by atoms with E-state index in [4.69, 9.17) is 0 Å². The van der Waals surface area contributed by atoms with Crippen molar-refractivity contribution in [3.63, 3.8) is 0 Å². The number of hydrogen-bond donors (Lipinski definition) is 0. The third-order valence-corrected chi connectivity index (χ3v) is 4.48. The molecule has 0 aliphatic carbocycles. The molecule has 0 spiro atoms. The number of amides is 2. The number of halogens is 3. The summed E-state index contributed by atoms with van der Waals surface area (Å²) in [6, 6.07) is -0.701. The SMILES string of the molecule is O=C([C@@H]1CCCN1C(=O)CC(F)(F)F)N1CCSCC1. The van der Waals surface area contributed by atoms with Crippen LogP contribution in [0.2, 0.25) is 0 Å². The van der Waals surface area contributed by atoms with Crippen LogP contribution in [0.3, 0.4) is 0 Å². The quantitative estimate of drug-likeness (QED) is 0.776. The summed E-state index contributed by atoms with van der Waals surface area (Å²) in [5.41, 5.74) is 0. The maximum atomic E-state index is 12.3. The van der Waals surface area contributed by atoms with E-state index in [0.29, 0.717) is 25.9 Å². The maximum Gasteiger partial charge on any atom is 0.397 e. The first-order valence-corrected chi connectivity index (χ1v) is 7.77. The van der Waals surface area contributed by atoms with Crippen molar-refractivity contribution >= 4 is 23.6 Å². The number of carbonyl (C=O) groups is 2. The minimum absolute atomic E-state index is 0.196. The molecular weight excluding hydrogens is 293 g/mol. The van der Waals surface area contributed by atoms with E-state index >= 15 is 0 Å². The van der Waals surface area contributed by atoms with Crippen LogP contribution in [0.25, 0.3) is 0 Å². The highest BCUT2D eigenvalue weighted by molar-refractivity contribution is 7.99. The number of hydrogen-bond acceptors (Lipinski definition) is 3. The van der Waals surface area contributed by atoms with Gasteiger partial charge in [0.25, 0.3) is 0 Å². The highest BCUT2D eigenvalue weighted by atomic mass is 32.2. The first-order valence-electron chi connectivity index (χ1n) is 6.61. The Bertz CT molecular complexity index is 383. The molecule has 0 N–H and O–H groups in total. The van der Waals surface area contributed by atoms with Gasteiger partial charge in [-0.25, -0.2) is 0 Å². The average Bonchev–Trinajstić information content (AvgIpc) is 2.86. The van der Waals surface area contributed by atoms with Crippen LogP contribution >= 0.6 is 11.8 Å². The number of alkyl halides is 3. The van der Waals surface area contributed by atoms with Crippen molar-refractivity contribution in [3.05, 3.63) is 0 Å². The van der Waals surface area contributed by atoms with Crippen LogP contribution in [0.1, 0.15) is 19.3 Å². The number of likely N-dealkylation sites (tertiary alicyclic amines) is 1. The van der Waals surface area contributed by atoms with E-state index in [9.17, 15) is 22.8 Å². The number of carbonyl (C=O) groups excluding carboxylic acids is 2. The molecule has 20 heavy (non-hydrogen) atoms. The first kappa shape index (κ1) is 15.5. The zero-order chi connectivity index (χ0) is 14.8. The second-order valence-electron chi connectivity index (χ2n) is 4.97. The lowest BCUT2D eigenvalue weighted by Crippen LogP contribution is -2.50. The van der Waals surface area contributed by atoms with Gasteiger partial charge in [-0.15, -0.1) is 0 Å². The maximum absolute atomic E-state index is 12.3. The molecule has 2 fully saturated rings. The van der Waals surface area contributed by atoms with Gasteiger partial charge in [-0.1, -0.05) is 0 Å². The fourth-order valence-electron chi connectivity index (χ4n) is 2.59. The Morgan fingerprint density at radius 2 is 1.80 bits per heavy atom. The zero-order valence-electron chi connectivity index (χ0n) is 11.0. The van der Waals surface area contributed by atoms with Crippen molar-refractivity contribution in [1.82, 2.24) is 9.80 Å². The van der Waals surface area contributed by atoms with Gasteiger partial charge < -0.3 is 9.80 Å². The van der Waals surface area contributed by atoms with Crippen LogP contribution in [-0.2, 0) is 9.59 Å². The second-order valence-corrected chi connectivity index (χ2v) is 6.20. The normalized spacial score (nSPS) is 24.1. The minimum Gasteiger partial charge on any atom is -0.339 e. The molecule has 8 heteroatoms. The third-order valence-electron chi connectivity index (χ3n) is 3.53. The molecule has 0 saturated carbocycles. The van der Waals surface area contributed by atoms with E-state index in [-0.39, 0.29) is 12.5 Å².